The van der Waals surface area contributed by atoms with Gasteiger partial charge in [-0.25, -0.2) is 0 Å². The predicted octanol–water partition coefficient (Wildman–Crippen LogP) is 2.59. The zero-order chi connectivity index (χ0) is 8.10. The van der Waals surface area contributed by atoms with Crippen LogP contribution in [-0.4, -0.2) is 12.8 Å². The number of hydrogen-bond acceptors (Lipinski definition) is 2. The molecule has 2 heteroatoms. The van der Waals surface area contributed by atoms with Gasteiger partial charge in [-0.15, -0.1) is 0 Å². The maximum Gasteiger partial charge on any atom is 0.106 e. The van der Waals surface area contributed by atoms with Crippen LogP contribution in [0.15, 0.2) is 5.16 Å². The Morgan fingerprint density at radius 2 is 2.09 bits per heavy atom. The number of hydrogen-bond donors (Lipinski definition) is 0. The first kappa shape index (κ1) is 8.57. The van der Waals surface area contributed by atoms with Gasteiger partial charge in [-0.05, 0) is 31.6 Å². The highest BCUT2D eigenvalue weighted by Gasteiger charge is 2.15. The fourth-order valence-electron chi connectivity index (χ4n) is 1.64. The van der Waals surface area contributed by atoms with Gasteiger partial charge >= 0.3 is 0 Å². The van der Waals surface area contributed by atoms with Crippen LogP contribution in [0.4, 0.5) is 0 Å². The lowest BCUT2D eigenvalue weighted by atomic mass is 9.86. The van der Waals surface area contributed by atoms with Crippen molar-refractivity contribution in [3.05, 3.63) is 0 Å². The van der Waals surface area contributed by atoms with E-state index < -0.39 is 0 Å². The van der Waals surface area contributed by atoms with Crippen molar-refractivity contribution in [2.75, 3.05) is 7.11 Å². The van der Waals surface area contributed by atoms with Crippen LogP contribution < -0.4 is 0 Å². The van der Waals surface area contributed by atoms with Crippen molar-refractivity contribution >= 4 is 5.71 Å². The summed E-state index contributed by atoms with van der Waals surface area (Å²) in [4.78, 5) is 4.74. The molecule has 2 nitrogen and oxygen atoms in total. The molecule has 0 aliphatic heterocycles. The Balaban J connectivity index is 2.30. The number of rotatable bonds is 2. The second-order valence-corrected chi connectivity index (χ2v) is 3.19. The average molecular weight is 155 g/mol. The summed E-state index contributed by atoms with van der Waals surface area (Å²) in [5.74, 6) is 0.936. The first-order valence-electron chi connectivity index (χ1n) is 4.45. The van der Waals surface area contributed by atoms with Crippen molar-refractivity contribution in [2.24, 2.45) is 11.1 Å². The molecule has 0 aromatic rings. The molecular weight excluding hydrogens is 138 g/mol. The van der Waals surface area contributed by atoms with Gasteiger partial charge in [0.25, 0.3) is 0 Å². The summed E-state index contributed by atoms with van der Waals surface area (Å²) in [6, 6.07) is 0. The highest BCUT2D eigenvalue weighted by molar-refractivity contribution is 5.84. The molecule has 0 radical (unpaired) electrons. The largest absolute Gasteiger partial charge is 0.399 e. The minimum atomic E-state index is 0.936. The van der Waals surface area contributed by atoms with E-state index in [-0.39, 0.29) is 0 Å². The minimum Gasteiger partial charge on any atom is -0.399 e. The molecule has 0 bridgehead atoms. The number of oxime groups is 1. The molecule has 0 heterocycles. The Morgan fingerprint density at radius 1 is 1.45 bits per heavy atom. The van der Waals surface area contributed by atoms with Crippen LogP contribution in [0.5, 0.6) is 0 Å². The second-order valence-electron chi connectivity index (χ2n) is 3.19. The van der Waals surface area contributed by atoms with E-state index in [1.807, 2.05) is 0 Å². The van der Waals surface area contributed by atoms with Gasteiger partial charge in [0.2, 0.25) is 0 Å². The fraction of sp³-hybridized carbons (Fsp3) is 0.889. The first-order valence-corrected chi connectivity index (χ1v) is 4.45. The van der Waals surface area contributed by atoms with Crippen LogP contribution >= 0.6 is 0 Å². The lowest BCUT2D eigenvalue weighted by Crippen LogP contribution is -2.13. The van der Waals surface area contributed by atoms with Gasteiger partial charge in [-0.2, -0.15) is 0 Å². The summed E-state index contributed by atoms with van der Waals surface area (Å²) < 4.78 is 0. The molecule has 0 atom stereocenters. The third-order valence-electron chi connectivity index (χ3n) is 2.48. The molecule has 11 heavy (non-hydrogen) atoms. The van der Waals surface area contributed by atoms with Gasteiger partial charge in [-0.3, -0.25) is 0 Å². The maximum atomic E-state index is 4.74. The van der Waals surface area contributed by atoms with Crippen LogP contribution in [-0.2, 0) is 4.84 Å². The summed E-state index contributed by atoms with van der Waals surface area (Å²) in [6.45, 7) is 2.27. The van der Waals surface area contributed by atoms with E-state index in [1.165, 1.54) is 25.0 Å². The van der Waals surface area contributed by atoms with Crippen molar-refractivity contribution in [1.82, 2.24) is 0 Å². The molecule has 0 unspecified atom stereocenters. The molecule has 0 spiro atoms. The molecule has 0 aromatic carbocycles. The van der Waals surface area contributed by atoms with E-state index in [2.05, 4.69) is 12.1 Å². The molecule has 64 valence electrons. The highest BCUT2D eigenvalue weighted by Crippen LogP contribution is 2.24. The van der Waals surface area contributed by atoms with Crippen molar-refractivity contribution in [3.8, 4) is 0 Å². The second kappa shape index (κ2) is 4.37. The van der Waals surface area contributed by atoms with Gasteiger partial charge in [0.1, 0.15) is 7.11 Å². The molecule has 1 rings (SSSR count). The van der Waals surface area contributed by atoms with E-state index in [0.717, 1.165) is 18.8 Å². The van der Waals surface area contributed by atoms with E-state index in [1.54, 1.807) is 7.11 Å². The molecule has 0 aromatic heterocycles. The lowest BCUT2D eigenvalue weighted by Gasteiger charge is -2.20. The van der Waals surface area contributed by atoms with Crippen molar-refractivity contribution in [1.29, 1.82) is 0 Å². The van der Waals surface area contributed by atoms with Crippen LogP contribution in [0.25, 0.3) is 0 Å². The molecule has 1 saturated carbocycles. The van der Waals surface area contributed by atoms with Crippen LogP contribution in [0, 0.1) is 5.92 Å². The van der Waals surface area contributed by atoms with E-state index in [9.17, 15) is 0 Å². The first-order chi connectivity index (χ1) is 5.36. The smallest absolute Gasteiger partial charge is 0.106 e. The van der Waals surface area contributed by atoms with Crippen molar-refractivity contribution in [2.45, 2.75) is 39.0 Å². The zero-order valence-electron chi connectivity index (χ0n) is 7.47. The SMILES string of the molecule is CCC1CCC(=NOC)CC1. The normalized spacial score (nSPS) is 24.9. The Kier molecular flexibility index (Phi) is 3.40. The summed E-state index contributed by atoms with van der Waals surface area (Å²) in [7, 11) is 1.62. The Labute approximate surface area is 68.6 Å². The Bertz CT molecular complexity index is 132. The lowest BCUT2D eigenvalue weighted by molar-refractivity contribution is 0.209. The molecule has 0 N–H and O–H groups in total. The standard InChI is InChI=1S/C9H17NO/c1-3-8-4-6-9(7-5-8)10-11-2/h8H,3-7H2,1-2H3. The van der Waals surface area contributed by atoms with E-state index in [0.29, 0.717) is 0 Å². The van der Waals surface area contributed by atoms with Crippen LogP contribution in [0.2, 0.25) is 0 Å². The zero-order valence-corrected chi connectivity index (χ0v) is 7.47. The quantitative estimate of drug-likeness (QED) is 0.562. The van der Waals surface area contributed by atoms with Gasteiger partial charge in [0, 0.05) is 0 Å². The summed E-state index contributed by atoms with van der Waals surface area (Å²) in [5, 5.41) is 3.97. The number of nitrogens with zero attached hydrogens (tertiary/aromatic N) is 1. The van der Waals surface area contributed by atoms with E-state index in [4.69, 9.17) is 4.84 Å². The van der Waals surface area contributed by atoms with Gasteiger partial charge in [-0.1, -0.05) is 18.5 Å². The van der Waals surface area contributed by atoms with Crippen molar-refractivity contribution in [3.63, 3.8) is 0 Å². The van der Waals surface area contributed by atoms with Gasteiger partial charge in [0.05, 0.1) is 5.71 Å². The van der Waals surface area contributed by atoms with Gasteiger partial charge in [0.15, 0.2) is 0 Å². The summed E-state index contributed by atoms with van der Waals surface area (Å²) in [5.41, 5.74) is 1.25. The van der Waals surface area contributed by atoms with E-state index >= 15 is 0 Å². The average Bonchev–Trinajstić information content (AvgIpc) is 2.07. The minimum absolute atomic E-state index is 0.936. The fourth-order valence-corrected chi connectivity index (χ4v) is 1.64. The topological polar surface area (TPSA) is 21.6 Å². The molecular formula is C9H17NO. The summed E-state index contributed by atoms with van der Waals surface area (Å²) in [6.07, 6.45) is 6.22. The van der Waals surface area contributed by atoms with Gasteiger partial charge < -0.3 is 4.84 Å². The molecule has 1 aliphatic carbocycles. The molecule has 1 fully saturated rings. The molecule has 0 amide bonds. The third-order valence-corrected chi connectivity index (χ3v) is 2.48. The molecule has 0 saturated heterocycles. The molecule has 1 aliphatic rings. The monoisotopic (exact) mass is 155 g/mol. The highest BCUT2D eigenvalue weighted by atomic mass is 16.6. The maximum absolute atomic E-state index is 4.74. The van der Waals surface area contributed by atoms with Crippen LogP contribution in [0.1, 0.15) is 39.0 Å². The Hall–Kier alpha value is -0.530. The predicted molar refractivity (Wildman–Crippen MR) is 46.7 cm³/mol. The Morgan fingerprint density at radius 3 is 2.55 bits per heavy atom. The van der Waals surface area contributed by atoms with Crippen LogP contribution in [0.3, 0.4) is 0 Å². The summed E-state index contributed by atoms with van der Waals surface area (Å²) >= 11 is 0. The van der Waals surface area contributed by atoms with Crippen molar-refractivity contribution < 1.29 is 4.84 Å². The third kappa shape index (κ3) is 2.52.